The highest BCUT2D eigenvalue weighted by atomic mass is 15.4. The molecule has 0 spiro atoms. The molecule has 12 heavy (non-hydrogen) atoms. The van der Waals surface area contributed by atoms with Crippen molar-refractivity contribution >= 4 is 0 Å². The molecule has 1 aromatic heterocycles. The Hall–Kier alpha value is -0.920. The first-order valence-corrected chi connectivity index (χ1v) is 4.67. The van der Waals surface area contributed by atoms with Gasteiger partial charge in [0, 0.05) is 18.4 Å². The highest BCUT2D eigenvalue weighted by Crippen LogP contribution is 2.34. The van der Waals surface area contributed by atoms with Crippen LogP contribution in [0.3, 0.4) is 0 Å². The van der Waals surface area contributed by atoms with Crippen LogP contribution in [0, 0.1) is 11.8 Å². The van der Waals surface area contributed by atoms with Gasteiger partial charge in [0.2, 0.25) is 0 Å². The molecule has 1 saturated carbocycles. The molecule has 2 rings (SSSR count). The van der Waals surface area contributed by atoms with E-state index in [4.69, 9.17) is 0 Å². The molecule has 1 aliphatic carbocycles. The standard InChI is InChI=1S/C10H16N2/c1-8-7-10(9(8)2)11-12-5-3-4-6-12/h3-6,8-11H,7H2,1-2H3. The molecule has 0 amide bonds. The third kappa shape index (κ3) is 1.22. The van der Waals surface area contributed by atoms with Crippen molar-refractivity contribution in [2.75, 3.05) is 5.43 Å². The molecule has 2 heteroatoms. The molecule has 0 aliphatic heterocycles. The van der Waals surface area contributed by atoms with Crippen LogP contribution in [0.15, 0.2) is 24.5 Å². The van der Waals surface area contributed by atoms with Crippen LogP contribution in [-0.4, -0.2) is 10.7 Å². The van der Waals surface area contributed by atoms with E-state index in [1.54, 1.807) is 0 Å². The van der Waals surface area contributed by atoms with E-state index in [1.165, 1.54) is 6.42 Å². The van der Waals surface area contributed by atoms with Crippen LogP contribution in [0.4, 0.5) is 0 Å². The van der Waals surface area contributed by atoms with Crippen LogP contribution in [-0.2, 0) is 0 Å². The van der Waals surface area contributed by atoms with E-state index in [2.05, 4.69) is 31.7 Å². The van der Waals surface area contributed by atoms with E-state index >= 15 is 0 Å². The first-order valence-electron chi connectivity index (χ1n) is 4.67. The second kappa shape index (κ2) is 2.85. The monoisotopic (exact) mass is 164 g/mol. The molecule has 3 unspecified atom stereocenters. The zero-order chi connectivity index (χ0) is 8.55. The summed E-state index contributed by atoms with van der Waals surface area (Å²) >= 11 is 0. The maximum atomic E-state index is 3.46. The van der Waals surface area contributed by atoms with Gasteiger partial charge in [-0.2, -0.15) is 0 Å². The van der Waals surface area contributed by atoms with Crippen molar-refractivity contribution in [2.24, 2.45) is 11.8 Å². The first-order chi connectivity index (χ1) is 5.77. The lowest BCUT2D eigenvalue weighted by Crippen LogP contribution is -2.46. The van der Waals surface area contributed by atoms with Gasteiger partial charge in [-0.15, -0.1) is 0 Å². The molecule has 0 saturated heterocycles. The third-order valence-electron chi connectivity index (χ3n) is 3.08. The molecule has 1 N–H and O–H groups in total. The van der Waals surface area contributed by atoms with E-state index < -0.39 is 0 Å². The molecule has 3 atom stereocenters. The van der Waals surface area contributed by atoms with E-state index in [-0.39, 0.29) is 0 Å². The number of aromatic nitrogens is 1. The molecular formula is C10H16N2. The summed E-state index contributed by atoms with van der Waals surface area (Å²) in [6, 6.07) is 4.76. The Morgan fingerprint density at radius 1 is 1.25 bits per heavy atom. The van der Waals surface area contributed by atoms with Gasteiger partial charge in [0.05, 0.1) is 0 Å². The van der Waals surface area contributed by atoms with Gasteiger partial charge >= 0.3 is 0 Å². The minimum Gasteiger partial charge on any atom is -0.323 e. The molecule has 2 nitrogen and oxygen atoms in total. The molecule has 0 aromatic carbocycles. The van der Waals surface area contributed by atoms with E-state index in [9.17, 15) is 0 Å². The van der Waals surface area contributed by atoms with Crippen molar-refractivity contribution in [3.63, 3.8) is 0 Å². The van der Waals surface area contributed by atoms with Crippen molar-refractivity contribution in [3.05, 3.63) is 24.5 Å². The lowest BCUT2D eigenvalue weighted by molar-refractivity contribution is 0.177. The van der Waals surface area contributed by atoms with Crippen LogP contribution in [0.5, 0.6) is 0 Å². The highest BCUT2D eigenvalue weighted by molar-refractivity contribution is 5.01. The largest absolute Gasteiger partial charge is 0.323 e. The Morgan fingerprint density at radius 2 is 1.92 bits per heavy atom. The average molecular weight is 164 g/mol. The summed E-state index contributed by atoms with van der Waals surface area (Å²) in [6.45, 7) is 4.63. The molecular weight excluding hydrogens is 148 g/mol. The quantitative estimate of drug-likeness (QED) is 0.708. The number of nitrogens with zero attached hydrogens (tertiary/aromatic N) is 1. The Balaban J connectivity index is 1.90. The third-order valence-corrected chi connectivity index (χ3v) is 3.08. The zero-order valence-electron chi connectivity index (χ0n) is 7.70. The molecule has 1 aliphatic rings. The fraction of sp³-hybridized carbons (Fsp3) is 0.600. The van der Waals surface area contributed by atoms with Crippen molar-refractivity contribution < 1.29 is 0 Å². The van der Waals surface area contributed by atoms with E-state index in [0.29, 0.717) is 6.04 Å². The van der Waals surface area contributed by atoms with Crippen molar-refractivity contribution in [1.82, 2.24) is 4.68 Å². The number of hydrogen-bond acceptors (Lipinski definition) is 1. The fourth-order valence-corrected chi connectivity index (χ4v) is 1.81. The maximum Gasteiger partial charge on any atom is 0.0455 e. The van der Waals surface area contributed by atoms with Gasteiger partial charge in [-0.25, -0.2) is 0 Å². The average Bonchev–Trinajstić information content (AvgIpc) is 2.56. The summed E-state index contributed by atoms with van der Waals surface area (Å²) in [5.74, 6) is 1.70. The summed E-state index contributed by atoms with van der Waals surface area (Å²) in [6.07, 6.45) is 5.41. The minimum absolute atomic E-state index is 0.674. The SMILES string of the molecule is CC1CC(Nn2cccc2)C1C. The second-order valence-corrected chi connectivity index (χ2v) is 3.90. The summed E-state index contributed by atoms with van der Waals surface area (Å²) in [4.78, 5) is 0. The summed E-state index contributed by atoms with van der Waals surface area (Å²) in [5, 5.41) is 0. The molecule has 0 radical (unpaired) electrons. The predicted molar refractivity (Wildman–Crippen MR) is 50.5 cm³/mol. The molecule has 1 aromatic rings. The van der Waals surface area contributed by atoms with Gasteiger partial charge in [-0.05, 0) is 30.4 Å². The Morgan fingerprint density at radius 3 is 2.42 bits per heavy atom. The smallest absolute Gasteiger partial charge is 0.0455 e. The fourth-order valence-electron chi connectivity index (χ4n) is 1.81. The van der Waals surface area contributed by atoms with Crippen molar-refractivity contribution in [2.45, 2.75) is 26.3 Å². The van der Waals surface area contributed by atoms with Crippen LogP contribution in [0.25, 0.3) is 0 Å². The lowest BCUT2D eigenvalue weighted by Gasteiger charge is -2.41. The Kier molecular flexibility index (Phi) is 1.83. The van der Waals surface area contributed by atoms with Crippen molar-refractivity contribution in [3.8, 4) is 0 Å². The second-order valence-electron chi connectivity index (χ2n) is 3.90. The molecule has 0 bridgehead atoms. The predicted octanol–water partition coefficient (Wildman–Crippen LogP) is 2.08. The maximum absolute atomic E-state index is 3.46. The summed E-state index contributed by atoms with van der Waals surface area (Å²) in [7, 11) is 0. The lowest BCUT2D eigenvalue weighted by atomic mass is 9.72. The van der Waals surface area contributed by atoms with Crippen LogP contribution in [0.2, 0.25) is 0 Å². The van der Waals surface area contributed by atoms with Gasteiger partial charge < -0.3 is 5.43 Å². The zero-order valence-corrected chi connectivity index (χ0v) is 7.70. The van der Waals surface area contributed by atoms with Gasteiger partial charge in [-0.3, -0.25) is 4.68 Å². The van der Waals surface area contributed by atoms with Gasteiger partial charge in [0.1, 0.15) is 0 Å². The normalized spacial score (nSPS) is 34.3. The van der Waals surface area contributed by atoms with Crippen molar-refractivity contribution in [1.29, 1.82) is 0 Å². The van der Waals surface area contributed by atoms with E-state index in [0.717, 1.165) is 11.8 Å². The van der Waals surface area contributed by atoms with Gasteiger partial charge in [0.15, 0.2) is 0 Å². The molecule has 66 valence electrons. The van der Waals surface area contributed by atoms with E-state index in [1.807, 2.05) is 16.8 Å². The Labute approximate surface area is 73.6 Å². The van der Waals surface area contributed by atoms with Crippen LogP contribution >= 0.6 is 0 Å². The summed E-state index contributed by atoms with van der Waals surface area (Å²) < 4.78 is 2.05. The van der Waals surface area contributed by atoms with Gasteiger partial charge in [-0.1, -0.05) is 13.8 Å². The molecule has 1 heterocycles. The highest BCUT2D eigenvalue weighted by Gasteiger charge is 2.34. The summed E-state index contributed by atoms with van der Waals surface area (Å²) in [5.41, 5.74) is 3.46. The molecule has 1 fully saturated rings. The van der Waals surface area contributed by atoms with Crippen LogP contribution < -0.4 is 5.43 Å². The topological polar surface area (TPSA) is 17.0 Å². The number of nitrogens with one attached hydrogen (secondary N) is 1. The van der Waals surface area contributed by atoms with Crippen LogP contribution in [0.1, 0.15) is 20.3 Å². The first kappa shape index (κ1) is 7.71. The minimum atomic E-state index is 0.674. The number of hydrogen-bond donors (Lipinski definition) is 1. The van der Waals surface area contributed by atoms with Gasteiger partial charge in [0.25, 0.3) is 0 Å². The number of rotatable bonds is 2. The Bertz CT molecular complexity index is 240.